The molecule has 0 bridgehead atoms. The van der Waals surface area contributed by atoms with E-state index in [-0.39, 0.29) is 17.9 Å². The molecular weight excluding hydrogens is 481 g/mol. The summed E-state index contributed by atoms with van der Waals surface area (Å²) < 4.78 is 40.2. The SMILES string of the molecule is Cn1c(=O)n(C2CCC(=O)N(OC(=O)C(F)(F)F)C2=O)c2ccc(C#CCCC3CCNCC3)cc21. The molecule has 0 saturated carbocycles. The second-order valence-corrected chi connectivity index (χ2v) is 8.91. The van der Waals surface area contributed by atoms with Crippen molar-refractivity contribution in [2.24, 2.45) is 13.0 Å². The van der Waals surface area contributed by atoms with Gasteiger partial charge in [-0.15, -0.1) is 5.06 Å². The fraction of sp³-hybridized carbons (Fsp3) is 0.500. The number of hydrogen-bond acceptors (Lipinski definition) is 6. The van der Waals surface area contributed by atoms with Crippen LogP contribution in [0.3, 0.4) is 0 Å². The second-order valence-electron chi connectivity index (χ2n) is 8.91. The Balaban J connectivity index is 1.56. The van der Waals surface area contributed by atoms with Crippen LogP contribution < -0.4 is 11.0 Å². The Labute approximate surface area is 204 Å². The summed E-state index contributed by atoms with van der Waals surface area (Å²) in [5.41, 5.74) is 0.883. The zero-order valence-electron chi connectivity index (χ0n) is 19.6. The van der Waals surface area contributed by atoms with Crippen LogP contribution in [0.25, 0.3) is 11.0 Å². The van der Waals surface area contributed by atoms with Gasteiger partial charge >= 0.3 is 17.8 Å². The topological polar surface area (TPSA) is 103 Å². The first-order chi connectivity index (χ1) is 17.1. The Hall–Kier alpha value is -3.59. The van der Waals surface area contributed by atoms with Crippen LogP contribution >= 0.6 is 0 Å². The van der Waals surface area contributed by atoms with E-state index >= 15 is 0 Å². The normalized spacial score (nSPS) is 19.3. The Morgan fingerprint density at radius 2 is 1.86 bits per heavy atom. The fourth-order valence-corrected chi connectivity index (χ4v) is 4.57. The quantitative estimate of drug-likeness (QED) is 0.504. The molecule has 1 aromatic heterocycles. The summed E-state index contributed by atoms with van der Waals surface area (Å²) in [6.07, 6.45) is -1.86. The number of halogens is 3. The second kappa shape index (κ2) is 10.2. The minimum Gasteiger partial charge on any atom is -0.321 e. The average molecular weight is 506 g/mol. The number of nitrogens with zero attached hydrogens (tertiary/aromatic N) is 3. The van der Waals surface area contributed by atoms with E-state index in [2.05, 4.69) is 22.0 Å². The van der Waals surface area contributed by atoms with Gasteiger partial charge in [-0.3, -0.25) is 18.7 Å². The van der Waals surface area contributed by atoms with E-state index in [0.29, 0.717) is 22.5 Å². The number of aromatic nitrogens is 2. The lowest BCUT2D eigenvalue weighted by atomic mass is 9.93. The monoisotopic (exact) mass is 506 g/mol. The van der Waals surface area contributed by atoms with Crippen molar-refractivity contribution in [3.63, 3.8) is 0 Å². The molecule has 36 heavy (non-hydrogen) atoms. The van der Waals surface area contributed by atoms with Gasteiger partial charge in [-0.25, -0.2) is 9.59 Å². The number of carbonyl (C=O) groups is 3. The van der Waals surface area contributed by atoms with Gasteiger partial charge in [0.15, 0.2) is 0 Å². The molecule has 2 saturated heterocycles. The molecule has 1 N–H and O–H groups in total. The lowest BCUT2D eigenvalue weighted by Crippen LogP contribution is -2.49. The molecule has 1 atom stereocenters. The third kappa shape index (κ3) is 5.16. The highest BCUT2D eigenvalue weighted by Crippen LogP contribution is 2.28. The first-order valence-corrected chi connectivity index (χ1v) is 11.6. The maximum Gasteiger partial charge on any atom is 0.493 e. The van der Waals surface area contributed by atoms with Gasteiger partial charge < -0.3 is 10.2 Å². The third-order valence-electron chi connectivity index (χ3n) is 6.52. The van der Waals surface area contributed by atoms with E-state index in [1.165, 1.54) is 11.6 Å². The number of benzene rings is 1. The summed E-state index contributed by atoms with van der Waals surface area (Å²) in [6, 6.07) is 3.67. The number of imidazole rings is 1. The van der Waals surface area contributed by atoms with Crippen LogP contribution in [0.5, 0.6) is 0 Å². The summed E-state index contributed by atoms with van der Waals surface area (Å²) in [5, 5.41) is 3.13. The molecule has 1 unspecified atom stereocenters. The summed E-state index contributed by atoms with van der Waals surface area (Å²) >= 11 is 0. The van der Waals surface area contributed by atoms with E-state index < -0.39 is 35.7 Å². The van der Waals surface area contributed by atoms with E-state index in [4.69, 9.17) is 0 Å². The van der Waals surface area contributed by atoms with Crippen LogP contribution in [0.4, 0.5) is 13.2 Å². The molecule has 2 fully saturated rings. The van der Waals surface area contributed by atoms with Crippen molar-refractivity contribution in [1.82, 2.24) is 19.5 Å². The molecule has 2 aromatic rings. The van der Waals surface area contributed by atoms with Crippen molar-refractivity contribution < 1.29 is 32.4 Å². The minimum atomic E-state index is -5.39. The molecule has 0 radical (unpaired) electrons. The summed E-state index contributed by atoms with van der Waals surface area (Å²) in [6.45, 7) is 2.06. The molecule has 1 aromatic carbocycles. The van der Waals surface area contributed by atoms with Gasteiger partial charge in [0.25, 0.3) is 11.8 Å². The molecule has 2 aliphatic heterocycles. The van der Waals surface area contributed by atoms with Gasteiger partial charge in [0.1, 0.15) is 6.04 Å². The molecular formula is C24H25F3N4O5. The molecule has 4 rings (SSSR count). The number of alkyl halides is 3. The van der Waals surface area contributed by atoms with Crippen molar-refractivity contribution in [2.75, 3.05) is 13.1 Å². The minimum absolute atomic E-state index is 0.130. The van der Waals surface area contributed by atoms with E-state index in [1.54, 1.807) is 18.2 Å². The number of amides is 2. The molecule has 9 nitrogen and oxygen atoms in total. The van der Waals surface area contributed by atoms with Crippen molar-refractivity contribution in [2.45, 2.75) is 50.7 Å². The zero-order chi connectivity index (χ0) is 26.0. The fourth-order valence-electron chi connectivity index (χ4n) is 4.57. The highest BCUT2D eigenvalue weighted by atomic mass is 19.4. The van der Waals surface area contributed by atoms with Crippen LogP contribution in [0.2, 0.25) is 0 Å². The first kappa shape index (κ1) is 25.5. The Morgan fingerprint density at radius 3 is 2.56 bits per heavy atom. The van der Waals surface area contributed by atoms with Gasteiger partial charge in [0.05, 0.1) is 11.0 Å². The molecule has 12 heteroatoms. The van der Waals surface area contributed by atoms with Crippen LogP contribution in [0.1, 0.15) is 50.1 Å². The molecule has 3 heterocycles. The number of aryl methyl sites for hydroxylation is 1. The van der Waals surface area contributed by atoms with Crippen LogP contribution in [0.15, 0.2) is 23.0 Å². The van der Waals surface area contributed by atoms with Crippen LogP contribution in [-0.2, 0) is 26.3 Å². The van der Waals surface area contributed by atoms with E-state index in [9.17, 15) is 32.3 Å². The predicted octanol–water partition coefficient (Wildman–Crippen LogP) is 2.18. The Morgan fingerprint density at radius 1 is 1.14 bits per heavy atom. The molecule has 0 spiro atoms. The number of imide groups is 1. The van der Waals surface area contributed by atoms with Gasteiger partial charge in [0, 0.05) is 25.5 Å². The van der Waals surface area contributed by atoms with Crippen LogP contribution in [0, 0.1) is 17.8 Å². The maximum absolute atomic E-state index is 13.0. The highest BCUT2D eigenvalue weighted by Gasteiger charge is 2.47. The standard InChI is InChI=1S/C24H25F3N4O5/c1-29-19-14-16(5-3-2-4-15-10-12-28-13-11-15)6-7-17(19)30(23(29)35)18-8-9-20(32)31(21(18)33)36-22(34)24(25,26)27/h6-7,14-15,18,28H,2,4,8-13H2,1H3. The number of rotatable bonds is 4. The highest BCUT2D eigenvalue weighted by molar-refractivity contribution is 6.00. The average Bonchev–Trinajstić information content (AvgIpc) is 3.09. The summed E-state index contributed by atoms with van der Waals surface area (Å²) in [7, 11) is 1.50. The Bertz CT molecular complexity index is 1310. The van der Waals surface area contributed by atoms with E-state index in [1.807, 2.05) is 0 Å². The number of nitrogens with one attached hydrogen (secondary N) is 1. The number of hydroxylamine groups is 2. The molecule has 2 aliphatic rings. The number of hydrogen-bond donors (Lipinski definition) is 1. The summed E-state index contributed by atoms with van der Waals surface area (Å²) in [4.78, 5) is 53.1. The van der Waals surface area contributed by atoms with Crippen molar-refractivity contribution in [3.05, 3.63) is 34.2 Å². The van der Waals surface area contributed by atoms with Gasteiger partial charge in [-0.1, -0.05) is 11.8 Å². The van der Waals surface area contributed by atoms with Crippen molar-refractivity contribution in [1.29, 1.82) is 0 Å². The summed E-state index contributed by atoms with van der Waals surface area (Å²) in [5.74, 6) is 1.91. The van der Waals surface area contributed by atoms with Crippen LogP contribution in [-0.4, -0.2) is 51.2 Å². The molecule has 2 amide bonds. The van der Waals surface area contributed by atoms with Gasteiger partial charge in [-0.05, 0) is 62.9 Å². The number of fused-ring (bicyclic) bond motifs is 1. The molecule has 192 valence electrons. The number of piperidine rings is 2. The first-order valence-electron chi connectivity index (χ1n) is 11.6. The predicted molar refractivity (Wildman–Crippen MR) is 121 cm³/mol. The lowest BCUT2D eigenvalue weighted by Gasteiger charge is -2.29. The van der Waals surface area contributed by atoms with Gasteiger partial charge in [-0.2, -0.15) is 13.2 Å². The maximum atomic E-state index is 13.0. The smallest absolute Gasteiger partial charge is 0.321 e. The van der Waals surface area contributed by atoms with Crippen molar-refractivity contribution >= 4 is 28.8 Å². The Kier molecular flexibility index (Phi) is 7.21. The third-order valence-corrected chi connectivity index (χ3v) is 6.52. The largest absolute Gasteiger partial charge is 0.493 e. The number of carbonyl (C=O) groups excluding carboxylic acids is 3. The molecule has 0 aliphatic carbocycles. The zero-order valence-corrected chi connectivity index (χ0v) is 19.6. The van der Waals surface area contributed by atoms with Crippen molar-refractivity contribution in [3.8, 4) is 11.8 Å². The lowest BCUT2D eigenvalue weighted by molar-refractivity contribution is -0.238. The van der Waals surface area contributed by atoms with Gasteiger partial charge in [0.2, 0.25) is 0 Å². The van der Waals surface area contributed by atoms with E-state index in [0.717, 1.165) is 43.3 Å².